The van der Waals surface area contributed by atoms with E-state index >= 15 is 0 Å². The first kappa shape index (κ1) is 27.2. The van der Waals surface area contributed by atoms with Crippen molar-refractivity contribution >= 4 is 71.6 Å². The van der Waals surface area contributed by atoms with Crippen LogP contribution in [0.4, 0.5) is 17.3 Å². The van der Waals surface area contributed by atoms with Gasteiger partial charge in [-0.1, -0.05) is 133 Å². The molecule has 0 atom stereocenters. The van der Waals surface area contributed by atoms with Crippen molar-refractivity contribution in [3.8, 4) is 28.1 Å². The number of hydrogen-bond acceptors (Lipinski definition) is 3. The van der Waals surface area contributed by atoms with Crippen LogP contribution < -0.4 is 4.90 Å². The normalized spacial score (nSPS) is 12.4. The molecule has 0 amide bonds. The molecule has 0 saturated heterocycles. The van der Waals surface area contributed by atoms with Crippen LogP contribution in [0.25, 0.3) is 82.3 Å². The quantitative estimate of drug-likeness (QED) is 0.193. The van der Waals surface area contributed by atoms with Gasteiger partial charge >= 0.3 is 0 Å². The molecule has 4 nitrogen and oxygen atoms in total. The van der Waals surface area contributed by atoms with Crippen molar-refractivity contribution in [2.45, 2.75) is 0 Å². The number of para-hydroxylation sites is 3. The number of fused-ring (bicyclic) bond motifs is 8. The Labute approximate surface area is 288 Å². The van der Waals surface area contributed by atoms with Crippen LogP contribution in [0.3, 0.4) is 0 Å². The number of rotatable bonds is 3. The van der Waals surface area contributed by atoms with Crippen LogP contribution in [0.2, 0.25) is 0 Å². The molecule has 10 aromatic rings. The summed E-state index contributed by atoms with van der Waals surface area (Å²) in [6.07, 6.45) is 0. The first-order valence-corrected chi connectivity index (χ1v) is 17.0. The fourth-order valence-electron chi connectivity index (χ4n) is 8.22. The predicted molar refractivity (Wildman–Crippen MR) is 208 cm³/mol. The van der Waals surface area contributed by atoms with E-state index < -0.39 is 0 Å². The first-order chi connectivity index (χ1) is 24.8. The van der Waals surface area contributed by atoms with Crippen molar-refractivity contribution in [1.29, 1.82) is 0 Å². The zero-order chi connectivity index (χ0) is 32.8. The molecule has 0 N–H and O–H groups in total. The Morgan fingerprint density at radius 3 is 1.98 bits per heavy atom. The topological polar surface area (TPSA) is 34.0 Å². The standard InChI is InChI=1S/C46H28N4/c1-2-16-31(17-3-1)49-39-24-9-7-20-36(39)43-37(22-12-26-41(43)49)44-35-19-6-8-23-38(35)47-46(48-44)50-40-25-11-15-30-14-10-21-33(42(30)40)34-28-27-29-13-4-5-18-32(29)45(34)50/h1-28H. The van der Waals surface area contributed by atoms with Crippen molar-refractivity contribution in [3.63, 3.8) is 0 Å². The van der Waals surface area contributed by atoms with E-state index in [9.17, 15) is 0 Å². The van der Waals surface area contributed by atoms with Crippen molar-refractivity contribution in [2.24, 2.45) is 0 Å². The number of aromatic nitrogens is 3. The molecule has 1 aliphatic rings. The summed E-state index contributed by atoms with van der Waals surface area (Å²) in [5.74, 6) is 0.655. The van der Waals surface area contributed by atoms with Gasteiger partial charge in [-0.15, -0.1) is 0 Å². The smallest absolute Gasteiger partial charge is 0.235 e. The van der Waals surface area contributed by atoms with E-state index in [1.54, 1.807) is 0 Å². The Balaban J connectivity index is 1.26. The van der Waals surface area contributed by atoms with Crippen molar-refractivity contribution in [2.75, 3.05) is 4.90 Å². The van der Waals surface area contributed by atoms with Crippen LogP contribution in [0, 0.1) is 0 Å². The summed E-state index contributed by atoms with van der Waals surface area (Å²) in [6.45, 7) is 0. The Hall–Kier alpha value is -6.78. The zero-order valence-electron chi connectivity index (χ0n) is 27.0. The summed E-state index contributed by atoms with van der Waals surface area (Å²) >= 11 is 0. The highest BCUT2D eigenvalue weighted by Gasteiger charge is 2.30. The van der Waals surface area contributed by atoms with Crippen molar-refractivity contribution < 1.29 is 0 Å². The summed E-state index contributed by atoms with van der Waals surface area (Å²) in [5.41, 5.74) is 11.0. The summed E-state index contributed by atoms with van der Waals surface area (Å²) < 4.78 is 2.36. The molecule has 0 radical (unpaired) electrons. The Morgan fingerprint density at radius 1 is 0.400 bits per heavy atom. The number of benzene rings is 8. The van der Waals surface area contributed by atoms with Crippen LogP contribution >= 0.6 is 0 Å². The predicted octanol–water partition coefficient (Wildman–Crippen LogP) is 12.2. The molecular weight excluding hydrogens is 609 g/mol. The molecule has 0 saturated carbocycles. The van der Waals surface area contributed by atoms with Crippen LogP contribution in [-0.2, 0) is 0 Å². The molecule has 0 aliphatic carbocycles. The van der Waals surface area contributed by atoms with E-state index in [0.717, 1.165) is 44.7 Å². The van der Waals surface area contributed by atoms with Crippen molar-refractivity contribution in [1.82, 2.24) is 14.5 Å². The van der Waals surface area contributed by atoms with Crippen LogP contribution in [0.5, 0.6) is 0 Å². The van der Waals surface area contributed by atoms with Gasteiger partial charge in [-0.3, -0.25) is 4.90 Å². The minimum atomic E-state index is 0.655. The van der Waals surface area contributed by atoms with E-state index in [4.69, 9.17) is 9.97 Å². The molecular formula is C46H28N4. The lowest BCUT2D eigenvalue weighted by molar-refractivity contribution is 1.12. The van der Waals surface area contributed by atoms with Gasteiger partial charge in [0.1, 0.15) is 0 Å². The highest BCUT2D eigenvalue weighted by Crippen LogP contribution is 2.53. The zero-order valence-corrected chi connectivity index (χ0v) is 27.0. The maximum atomic E-state index is 5.60. The fourth-order valence-corrected chi connectivity index (χ4v) is 8.22. The summed E-state index contributed by atoms with van der Waals surface area (Å²) in [4.78, 5) is 13.3. The van der Waals surface area contributed by atoms with Crippen LogP contribution in [0.1, 0.15) is 0 Å². The second-order valence-electron chi connectivity index (χ2n) is 13.0. The maximum absolute atomic E-state index is 5.60. The van der Waals surface area contributed by atoms with Gasteiger partial charge in [0.15, 0.2) is 0 Å². The first-order valence-electron chi connectivity index (χ1n) is 17.0. The third-order valence-corrected chi connectivity index (χ3v) is 10.3. The SMILES string of the molecule is c1ccc(-n2c3ccccc3c3c(-c4nc(N5c6c(ccc7ccccc67)-c6cccc7cccc5c67)nc5ccccc45)cccc32)cc1. The number of hydrogen-bond donors (Lipinski definition) is 0. The average molecular weight is 637 g/mol. The largest absolute Gasteiger partial charge is 0.309 e. The molecule has 1 aliphatic heterocycles. The molecule has 50 heavy (non-hydrogen) atoms. The van der Waals surface area contributed by atoms with E-state index in [1.165, 1.54) is 49.0 Å². The summed E-state index contributed by atoms with van der Waals surface area (Å²) in [7, 11) is 0. The van der Waals surface area contributed by atoms with E-state index in [2.05, 4.69) is 179 Å². The van der Waals surface area contributed by atoms with Gasteiger partial charge in [-0.25, -0.2) is 9.97 Å². The minimum Gasteiger partial charge on any atom is -0.309 e. The minimum absolute atomic E-state index is 0.655. The fraction of sp³-hybridized carbons (Fsp3) is 0. The van der Waals surface area contributed by atoms with Gasteiger partial charge in [0, 0.05) is 43.7 Å². The molecule has 8 aromatic carbocycles. The molecule has 232 valence electrons. The lowest BCUT2D eigenvalue weighted by Gasteiger charge is -2.33. The summed E-state index contributed by atoms with van der Waals surface area (Å²) in [5, 5.41) is 8.16. The van der Waals surface area contributed by atoms with Crippen LogP contribution in [0.15, 0.2) is 170 Å². The molecule has 0 unspecified atom stereocenters. The lowest BCUT2D eigenvalue weighted by atomic mass is 9.89. The van der Waals surface area contributed by atoms with Gasteiger partial charge in [-0.2, -0.15) is 0 Å². The van der Waals surface area contributed by atoms with Gasteiger partial charge < -0.3 is 4.57 Å². The molecule has 4 heteroatoms. The third kappa shape index (κ3) is 3.76. The molecule has 0 spiro atoms. The average Bonchev–Trinajstić information content (AvgIpc) is 3.53. The van der Waals surface area contributed by atoms with Crippen LogP contribution in [-0.4, -0.2) is 14.5 Å². The summed E-state index contributed by atoms with van der Waals surface area (Å²) in [6, 6.07) is 60.6. The Morgan fingerprint density at radius 2 is 1.08 bits per heavy atom. The van der Waals surface area contributed by atoms with E-state index in [1.807, 2.05) is 0 Å². The second-order valence-corrected chi connectivity index (χ2v) is 13.0. The third-order valence-electron chi connectivity index (χ3n) is 10.3. The van der Waals surface area contributed by atoms with Gasteiger partial charge in [-0.05, 0) is 52.7 Å². The van der Waals surface area contributed by atoms with Gasteiger partial charge in [0.2, 0.25) is 5.95 Å². The highest BCUT2D eigenvalue weighted by atomic mass is 15.3. The maximum Gasteiger partial charge on any atom is 0.235 e. The molecule has 11 rings (SSSR count). The Kier molecular flexibility index (Phi) is 5.63. The van der Waals surface area contributed by atoms with Crippen molar-refractivity contribution in [3.05, 3.63) is 170 Å². The molecule has 0 fully saturated rings. The van der Waals surface area contributed by atoms with Gasteiger partial charge in [0.25, 0.3) is 0 Å². The highest BCUT2D eigenvalue weighted by molar-refractivity contribution is 6.20. The van der Waals surface area contributed by atoms with E-state index in [-0.39, 0.29) is 0 Å². The Bertz CT molecular complexity index is 2990. The molecule has 0 bridgehead atoms. The number of nitrogens with zero attached hydrogens (tertiary/aromatic N) is 4. The molecule has 2 aromatic heterocycles. The number of anilines is 3. The molecule has 3 heterocycles. The monoisotopic (exact) mass is 636 g/mol. The van der Waals surface area contributed by atoms with Gasteiger partial charge in [0.05, 0.1) is 33.6 Å². The van der Waals surface area contributed by atoms with E-state index in [0.29, 0.717) is 5.95 Å². The lowest BCUT2D eigenvalue weighted by Crippen LogP contribution is -2.18. The second kappa shape index (κ2) is 10.4.